The summed E-state index contributed by atoms with van der Waals surface area (Å²) in [4.78, 5) is 37.8. The highest BCUT2D eigenvalue weighted by atomic mass is 16.7. The van der Waals surface area contributed by atoms with Gasteiger partial charge in [-0.25, -0.2) is 14.4 Å². The molecule has 0 saturated heterocycles. The number of ether oxygens (including phenoxy) is 3. The molecule has 0 aromatic carbocycles. The predicted molar refractivity (Wildman–Crippen MR) is 92.0 cm³/mol. The highest BCUT2D eigenvalue weighted by Crippen LogP contribution is 2.30. The fourth-order valence-electron chi connectivity index (χ4n) is 2.50. The van der Waals surface area contributed by atoms with E-state index in [9.17, 15) is 14.4 Å². The summed E-state index contributed by atoms with van der Waals surface area (Å²) in [5.74, 6) is -1.05. The molecule has 0 aromatic rings. The number of hydrogen-bond donors (Lipinski definition) is 0. The van der Waals surface area contributed by atoms with E-state index < -0.39 is 24.3 Å². The Labute approximate surface area is 147 Å². The first kappa shape index (κ1) is 20.6. The largest absolute Gasteiger partial charge is 0.445 e. The summed E-state index contributed by atoms with van der Waals surface area (Å²) in [5.41, 5.74) is 0.452. The number of carbonyl (C=O) groups excluding carboxylic acids is 3. The van der Waals surface area contributed by atoms with Gasteiger partial charge in [-0.05, 0) is 52.2 Å². The smallest absolute Gasteiger partial charge is 0.433 e. The van der Waals surface area contributed by atoms with Gasteiger partial charge in [0.1, 0.15) is 6.10 Å². The average Bonchev–Trinajstić information content (AvgIpc) is 2.56. The van der Waals surface area contributed by atoms with Crippen LogP contribution in [-0.4, -0.2) is 37.1 Å². The molecule has 1 aliphatic rings. The van der Waals surface area contributed by atoms with Crippen LogP contribution < -0.4 is 0 Å². The number of rotatable bonds is 7. The van der Waals surface area contributed by atoms with Gasteiger partial charge in [0.05, 0.1) is 0 Å². The molecule has 0 aromatic heterocycles. The number of esters is 2. The van der Waals surface area contributed by atoms with Crippen LogP contribution in [0.1, 0.15) is 46.0 Å². The van der Waals surface area contributed by atoms with Crippen molar-refractivity contribution < 1.29 is 28.6 Å². The van der Waals surface area contributed by atoms with Crippen LogP contribution >= 0.6 is 0 Å². The van der Waals surface area contributed by atoms with Gasteiger partial charge in [-0.3, -0.25) is 0 Å². The Hall–Kier alpha value is -2.44. The zero-order chi connectivity index (χ0) is 19.0. The number of nitrogens with zero attached hydrogens (tertiary/aromatic N) is 1. The fraction of sp³-hybridized carbons (Fsp3) is 0.556. The lowest BCUT2D eigenvalue weighted by atomic mass is 9.85. The van der Waals surface area contributed by atoms with Crippen molar-refractivity contribution in [2.75, 3.05) is 0 Å². The summed E-state index contributed by atoms with van der Waals surface area (Å²) in [6.45, 7) is 13.2. The molecule has 0 bridgehead atoms. The molecule has 1 amide bonds. The average molecular weight is 351 g/mol. The van der Waals surface area contributed by atoms with Gasteiger partial charge in [0.2, 0.25) is 6.29 Å². The lowest BCUT2D eigenvalue weighted by Crippen LogP contribution is -2.30. The van der Waals surface area contributed by atoms with Crippen LogP contribution in [0.25, 0.3) is 0 Å². The highest BCUT2D eigenvalue weighted by molar-refractivity contribution is 5.88. The van der Waals surface area contributed by atoms with Crippen LogP contribution in [0, 0.1) is 5.92 Å². The maximum absolute atomic E-state index is 11.7. The summed E-state index contributed by atoms with van der Waals surface area (Å²) >= 11 is 0. The van der Waals surface area contributed by atoms with Gasteiger partial charge < -0.3 is 14.2 Å². The highest BCUT2D eigenvalue weighted by Gasteiger charge is 2.29. The van der Waals surface area contributed by atoms with Crippen molar-refractivity contribution >= 4 is 24.7 Å². The third-order valence-electron chi connectivity index (χ3n) is 3.89. The van der Waals surface area contributed by atoms with E-state index in [1.807, 2.05) is 0 Å². The van der Waals surface area contributed by atoms with Crippen molar-refractivity contribution in [1.82, 2.24) is 0 Å². The van der Waals surface area contributed by atoms with Crippen LogP contribution in [0.2, 0.25) is 0 Å². The first-order valence-electron chi connectivity index (χ1n) is 8.13. The monoisotopic (exact) mass is 351 g/mol. The second kappa shape index (κ2) is 9.76. The molecule has 1 fully saturated rings. The molecule has 0 unspecified atom stereocenters. The van der Waals surface area contributed by atoms with Gasteiger partial charge in [-0.1, -0.05) is 13.2 Å². The number of amides is 1. The van der Waals surface area contributed by atoms with Gasteiger partial charge in [-0.15, -0.1) is 0 Å². The quantitative estimate of drug-likeness (QED) is 0.302. The van der Waals surface area contributed by atoms with Gasteiger partial charge in [0.15, 0.2) is 0 Å². The second-order valence-corrected chi connectivity index (χ2v) is 6.22. The normalized spacial score (nSPS) is 19.6. The van der Waals surface area contributed by atoms with Crippen molar-refractivity contribution in [2.45, 2.75) is 58.3 Å². The van der Waals surface area contributed by atoms with E-state index >= 15 is 0 Å². The maximum Gasteiger partial charge on any atom is 0.433 e. The van der Waals surface area contributed by atoms with Crippen molar-refractivity contribution in [3.63, 3.8) is 0 Å². The molecular formula is C18H25NO6. The molecule has 7 nitrogen and oxygen atoms in total. The molecule has 0 radical (unpaired) electrons. The van der Waals surface area contributed by atoms with Crippen LogP contribution in [0.3, 0.4) is 0 Å². The molecule has 0 heterocycles. The van der Waals surface area contributed by atoms with Gasteiger partial charge in [0, 0.05) is 17.6 Å². The Kier molecular flexibility index (Phi) is 8.04. The first-order chi connectivity index (χ1) is 11.7. The van der Waals surface area contributed by atoms with E-state index in [4.69, 9.17) is 14.2 Å². The van der Waals surface area contributed by atoms with Gasteiger partial charge in [0.25, 0.3) is 0 Å². The summed E-state index contributed by atoms with van der Waals surface area (Å²) in [5, 5.41) is 0. The first-order valence-corrected chi connectivity index (χ1v) is 8.13. The minimum absolute atomic E-state index is 0.174. The standard InChI is InChI=1S/C18H25NO6/c1-11(2)16(20)24-15(25-17(21)12(3)4)10-13-6-8-14(9-7-13)23-18(22)19-5/h13-15H,1,3,5-10H2,2,4H3. The van der Waals surface area contributed by atoms with E-state index in [0.717, 1.165) is 12.8 Å². The Morgan fingerprint density at radius 3 is 1.88 bits per heavy atom. The minimum Gasteiger partial charge on any atom is -0.445 e. The molecule has 0 aliphatic heterocycles. The van der Waals surface area contributed by atoms with E-state index in [-0.39, 0.29) is 23.2 Å². The second-order valence-electron chi connectivity index (χ2n) is 6.22. The zero-order valence-corrected chi connectivity index (χ0v) is 14.8. The number of carbonyl (C=O) groups is 3. The molecule has 0 N–H and O–H groups in total. The van der Waals surface area contributed by atoms with Crippen molar-refractivity contribution in [3.8, 4) is 0 Å². The van der Waals surface area contributed by atoms with E-state index in [0.29, 0.717) is 19.3 Å². The van der Waals surface area contributed by atoms with Crippen molar-refractivity contribution in [2.24, 2.45) is 10.9 Å². The van der Waals surface area contributed by atoms with Crippen LogP contribution in [0.4, 0.5) is 4.79 Å². The van der Waals surface area contributed by atoms with Crippen LogP contribution in [0.5, 0.6) is 0 Å². The maximum atomic E-state index is 11.7. The Morgan fingerprint density at radius 2 is 1.48 bits per heavy atom. The Balaban J connectivity index is 2.59. The minimum atomic E-state index is -0.993. The number of aliphatic imine (C=N–C) groups is 1. The fourth-order valence-corrected chi connectivity index (χ4v) is 2.50. The molecule has 7 heteroatoms. The molecule has 0 spiro atoms. The lowest BCUT2D eigenvalue weighted by Gasteiger charge is -2.30. The molecule has 25 heavy (non-hydrogen) atoms. The lowest BCUT2D eigenvalue weighted by molar-refractivity contribution is -0.185. The molecule has 0 atom stereocenters. The van der Waals surface area contributed by atoms with E-state index in [2.05, 4.69) is 24.9 Å². The van der Waals surface area contributed by atoms with Crippen LogP contribution in [0.15, 0.2) is 29.3 Å². The van der Waals surface area contributed by atoms with E-state index in [1.54, 1.807) is 0 Å². The molecule has 138 valence electrons. The number of hydrogen-bond acceptors (Lipinski definition) is 6. The van der Waals surface area contributed by atoms with Gasteiger partial charge in [-0.2, -0.15) is 4.99 Å². The van der Waals surface area contributed by atoms with Gasteiger partial charge >= 0.3 is 18.0 Å². The third-order valence-corrected chi connectivity index (χ3v) is 3.89. The summed E-state index contributed by atoms with van der Waals surface area (Å²) in [6, 6.07) is 0. The topological polar surface area (TPSA) is 91.3 Å². The predicted octanol–water partition coefficient (Wildman–Crippen LogP) is 3.34. The molecule has 1 aliphatic carbocycles. The summed E-state index contributed by atoms with van der Waals surface area (Å²) < 4.78 is 15.5. The van der Waals surface area contributed by atoms with Crippen molar-refractivity contribution in [1.29, 1.82) is 0 Å². The van der Waals surface area contributed by atoms with Crippen molar-refractivity contribution in [3.05, 3.63) is 24.3 Å². The zero-order valence-electron chi connectivity index (χ0n) is 14.8. The summed E-state index contributed by atoms with van der Waals surface area (Å²) in [7, 11) is 0. The SMILES string of the molecule is C=NC(=O)OC1CCC(CC(OC(=O)C(=C)C)OC(=O)C(=C)C)CC1. The molecule has 1 rings (SSSR count). The van der Waals surface area contributed by atoms with Crippen LogP contribution in [-0.2, 0) is 23.8 Å². The van der Waals surface area contributed by atoms with E-state index in [1.165, 1.54) is 13.8 Å². The summed E-state index contributed by atoms with van der Waals surface area (Å²) in [6.07, 6.45) is 1.35. The Bertz CT molecular complexity index is 532. The molecular weight excluding hydrogens is 326 g/mol. The Morgan fingerprint density at radius 1 is 1.00 bits per heavy atom. The molecule has 1 saturated carbocycles. The third kappa shape index (κ3) is 7.32.